The van der Waals surface area contributed by atoms with E-state index in [1.54, 1.807) is 11.8 Å². The average Bonchev–Trinajstić information content (AvgIpc) is 2.69. The minimum atomic E-state index is 0.135. The number of benzene rings is 2. The van der Waals surface area contributed by atoms with Crippen molar-refractivity contribution in [3.8, 4) is 0 Å². The van der Waals surface area contributed by atoms with Crippen molar-refractivity contribution >= 4 is 23.4 Å². The monoisotopic (exact) mass is 383 g/mol. The zero-order valence-electron chi connectivity index (χ0n) is 16.1. The number of amides is 1. The molecule has 27 heavy (non-hydrogen) atoms. The molecule has 3 rings (SSSR count). The summed E-state index contributed by atoms with van der Waals surface area (Å²) in [5.74, 6) is 1.54. The number of piperazine rings is 1. The molecule has 144 valence electrons. The van der Waals surface area contributed by atoms with E-state index in [1.807, 2.05) is 0 Å². The molecule has 2 aromatic rings. The van der Waals surface area contributed by atoms with E-state index in [0.717, 1.165) is 45.0 Å². The molecule has 0 saturated carbocycles. The van der Waals surface area contributed by atoms with E-state index in [0.29, 0.717) is 5.75 Å². The van der Waals surface area contributed by atoms with Crippen LogP contribution in [0.5, 0.6) is 0 Å². The summed E-state index contributed by atoms with van der Waals surface area (Å²) in [6.07, 6.45) is 0. The molecule has 1 aliphatic heterocycles. The second-order valence-corrected chi connectivity index (χ2v) is 7.98. The van der Waals surface area contributed by atoms with Gasteiger partial charge in [0.15, 0.2) is 0 Å². The summed E-state index contributed by atoms with van der Waals surface area (Å²) < 4.78 is 0. The highest BCUT2D eigenvalue weighted by molar-refractivity contribution is 7.99. The fourth-order valence-electron chi connectivity index (χ4n) is 3.34. The molecular formula is C22H29N3OS. The van der Waals surface area contributed by atoms with Crippen molar-refractivity contribution < 1.29 is 4.79 Å². The number of rotatable bonds is 8. The number of nitrogens with one attached hydrogen (secondary N) is 1. The van der Waals surface area contributed by atoms with Crippen molar-refractivity contribution in [1.82, 2.24) is 10.2 Å². The first kappa shape index (κ1) is 19.8. The number of hydrogen-bond donors (Lipinski definition) is 1. The largest absolute Gasteiger partial charge is 0.369 e. The van der Waals surface area contributed by atoms with Crippen molar-refractivity contribution in [2.75, 3.05) is 49.9 Å². The first-order valence-electron chi connectivity index (χ1n) is 9.63. The molecule has 4 nitrogen and oxygen atoms in total. The Morgan fingerprint density at radius 3 is 2.56 bits per heavy atom. The summed E-state index contributed by atoms with van der Waals surface area (Å²) in [6.45, 7) is 7.95. The molecule has 1 N–H and O–H groups in total. The normalized spacial score (nSPS) is 14.9. The predicted molar refractivity (Wildman–Crippen MR) is 115 cm³/mol. The van der Waals surface area contributed by atoms with E-state index in [9.17, 15) is 4.79 Å². The molecule has 0 unspecified atom stereocenters. The number of carbonyl (C=O) groups is 1. The fourth-order valence-corrected chi connectivity index (χ4v) is 4.14. The maximum atomic E-state index is 12.0. The summed E-state index contributed by atoms with van der Waals surface area (Å²) in [7, 11) is 0. The molecule has 1 amide bonds. The van der Waals surface area contributed by atoms with Crippen LogP contribution in [0, 0.1) is 6.92 Å². The number of hydrogen-bond acceptors (Lipinski definition) is 4. The van der Waals surface area contributed by atoms with Gasteiger partial charge in [0.25, 0.3) is 0 Å². The van der Waals surface area contributed by atoms with E-state index >= 15 is 0 Å². The number of carbonyl (C=O) groups excluding carboxylic acids is 1. The summed E-state index contributed by atoms with van der Waals surface area (Å²) >= 11 is 1.67. The van der Waals surface area contributed by atoms with Gasteiger partial charge in [-0.3, -0.25) is 9.69 Å². The molecule has 0 bridgehead atoms. The Bertz CT molecular complexity index is 715. The van der Waals surface area contributed by atoms with E-state index in [4.69, 9.17) is 0 Å². The van der Waals surface area contributed by atoms with Gasteiger partial charge >= 0.3 is 0 Å². The number of thioether (sulfide) groups is 1. The Kier molecular flexibility index (Phi) is 7.60. The molecule has 0 aliphatic carbocycles. The van der Waals surface area contributed by atoms with Crippen LogP contribution in [0.15, 0.2) is 54.6 Å². The van der Waals surface area contributed by atoms with Crippen molar-refractivity contribution in [2.24, 2.45) is 0 Å². The number of anilines is 1. The van der Waals surface area contributed by atoms with Crippen LogP contribution in [0.25, 0.3) is 0 Å². The highest BCUT2D eigenvalue weighted by Crippen LogP contribution is 2.15. The van der Waals surface area contributed by atoms with Gasteiger partial charge in [-0.2, -0.15) is 0 Å². The lowest BCUT2D eigenvalue weighted by Gasteiger charge is -2.36. The fraction of sp³-hybridized carbons (Fsp3) is 0.409. The smallest absolute Gasteiger partial charge is 0.230 e. The Balaban J connectivity index is 1.27. The first-order valence-corrected chi connectivity index (χ1v) is 10.8. The van der Waals surface area contributed by atoms with Crippen LogP contribution in [-0.2, 0) is 10.5 Å². The van der Waals surface area contributed by atoms with Crippen molar-refractivity contribution in [3.63, 3.8) is 0 Å². The summed E-state index contributed by atoms with van der Waals surface area (Å²) in [6, 6.07) is 19.1. The second kappa shape index (κ2) is 10.4. The number of aryl methyl sites for hydroxylation is 1. The summed E-state index contributed by atoms with van der Waals surface area (Å²) in [5.41, 5.74) is 3.85. The van der Waals surface area contributed by atoms with Crippen LogP contribution in [-0.4, -0.2) is 55.8 Å². The third-order valence-electron chi connectivity index (χ3n) is 4.83. The van der Waals surface area contributed by atoms with Crippen molar-refractivity contribution in [2.45, 2.75) is 12.7 Å². The van der Waals surface area contributed by atoms with Crippen LogP contribution in [0.1, 0.15) is 11.1 Å². The second-order valence-electron chi connectivity index (χ2n) is 7.00. The average molecular weight is 384 g/mol. The maximum absolute atomic E-state index is 12.0. The molecule has 1 heterocycles. The molecular weight excluding hydrogens is 354 g/mol. The molecule has 0 atom stereocenters. The lowest BCUT2D eigenvalue weighted by atomic mass is 10.2. The third-order valence-corrected chi connectivity index (χ3v) is 5.83. The van der Waals surface area contributed by atoms with Crippen LogP contribution < -0.4 is 10.2 Å². The Morgan fingerprint density at radius 1 is 1.04 bits per heavy atom. The van der Waals surface area contributed by atoms with Gasteiger partial charge < -0.3 is 10.2 Å². The molecule has 0 aromatic heterocycles. The van der Waals surface area contributed by atoms with Crippen LogP contribution in [0.4, 0.5) is 5.69 Å². The highest BCUT2D eigenvalue weighted by Gasteiger charge is 2.16. The zero-order chi connectivity index (χ0) is 18.9. The first-order chi connectivity index (χ1) is 13.2. The Labute approximate surface area is 166 Å². The molecule has 5 heteroatoms. The predicted octanol–water partition coefficient (Wildman–Crippen LogP) is 3.17. The van der Waals surface area contributed by atoms with Crippen molar-refractivity contribution in [3.05, 3.63) is 65.7 Å². The number of para-hydroxylation sites is 1. The van der Waals surface area contributed by atoms with Crippen LogP contribution in [0.3, 0.4) is 0 Å². The molecule has 1 saturated heterocycles. The molecule has 2 aromatic carbocycles. The SMILES string of the molecule is Cc1cccc(CSCC(=O)NCCN2CCN(c3ccccc3)CC2)c1. The van der Waals surface area contributed by atoms with Crippen LogP contribution >= 0.6 is 11.8 Å². The van der Waals surface area contributed by atoms with E-state index in [2.05, 4.69) is 76.6 Å². The maximum Gasteiger partial charge on any atom is 0.230 e. The minimum Gasteiger partial charge on any atom is -0.369 e. The minimum absolute atomic E-state index is 0.135. The van der Waals surface area contributed by atoms with Gasteiger partial charge in [-0.15, -0.1) is 11.8 Å². The standard InChI is InChI=1S/C22H29N3OS/c1-19-6-5-7-20(16-19)17-27-18-22(26)23-10-11-24-12-14-25(15-13-24)21-8-3-2-4-9-21/h2-9,16H,10-15,17-18H2,1H3,(H,23,26). The molecule has 1 aliphatic rings. The third kappa shape index (κ3) is 6.60. The van der Waals surface area contributed by atoms with Gasteiger partial charge in [-0.25, -0.2) is 0 Å². The van der Waals surface area contributed by atoms with E-state index < -0.39 is 0 Å². The van der Waals surface area contributed by atoms with Gasteiger partial charge in [0.2, 0.25) is 5.91 Å². The summed E-state index contributed by atoms with van der Waals surface area (Å²) in [4.78, 5) is 16.9. The molecule has 1 fully saturated rings. The quantitative estimate of drug-likeness (QED) is 0.760. The van der Waals surface area contributed by atoms with Crippen molar-refractivity contribution in [1.29, 1.82) is 0 Å². The molecule has 0 radical (unpaired) electrons. The van der Waals surface area contributed by atoms with E-state index in [1.165, 1.54) is 16.8 Å². The number of nitrogens with zero attached hydrogens (tertiary/aromatic N) is 2. The Morgan fingerprint density at radius 2 is 1.81 bits per heavy atom. The van der Waals surface area contributed by atoms with Gasteiger partial charge in [-0.1, -0.05) is 48.0 Å². The van der Waals surface area contributed by atoms with Gasteiger partial charge in [-0.05, 0) is 24.6 Å². The van der Waals surface area contributed by atoms with Gasteiger partial charge in [0.05, 0.1) is 5.75 Å². The van der Waals surface area contributed by atoms with Gasteiger partial charge in [0, 0.05) is 50.7 Å². The van der Waals surface area contributed by atoms with E-state index in [-0.39, 0.29) is 5.91 Å². The highest BCUT2D eigenvalue weighted by atomic mass is 32.2. The van der Waals surface area contributed by atoms with Crippen LogP contribution in [0.2, 0.25) is 0 Å². The lowest BCUT2D eigenvalue weighted by molar-refractivity contribution is -0.118. The zero-order valence-corrected chi connectivity index (χ0v) is 16.9. The lowest BCUT2D eigenvalue weighted by Crippen LogP contribution is -2.48. The summed E-state index contributed by atoms with van der Waals surface area (Å²) in [5, 5.41) is 3.06. The molecule has 0 spiro atoms. The Hall–Kier alpha value is -1.98. The van der Waals surface area contributed by atoms with Gasteiger partial charge in [0.1, 0.15) is 0 Å². The topological polar surface area (TPSA) is 35.6 Å².